The van der Waals surface area contributed by atoms with Crippen LogP contribution in [0.15, 0.2) is 24.3 Å². The Morgan fingerprint density at radius 3 is 2.75 bits per heavy atom. The molecule has 1 aromatic rings. The zero-order valence-electron chi connectivity index (χ0n) is 10.3. The third kappa shape index (κ3) is 3.60. The second kappa shape index (κ2) is 6.19. The molecule has 1 aromatic carbocycles. The van der Waals surface area contributed by atoms with E-state index in [4.69, 9.17) is 5.73 Å². The van der Waals surface area contributed by atoms with E-state index in [1.165, 1.54) is 11.3 Å². The second-order valence-electron chi connectivity index (χ2n) is 4.06. The van der Waals surface area contributed by atoms with Gasteiger partial charge in [0.05, 0.1) is 0 Å². The van der Waals surface area contributed by atoms with Gasteiger partial charge < -0.3 is 10.6 Å². The Morgan fingerprint density at radius 1 is 1.38 bits per heavy atom. The van der Waals surface area contributed by atoms with Gasteiger partial charge in [-0.25, -0.2) is 0 Å². The van der Waals surface area contributed by atoms with Crippen molar-refractivity contribution in [2.24, 2.45) is 5.73 Å². The van der Waals surface area contributed by atoms with Gasteiger partial charge in [-0.2, -0.15) is 0 Å². The molecule has 0 radical (unpaired) electrons. The van der Waals surface area contributed by atoms with E-state index in [1.54, 1.807) is 0 Å². The fraction of sp³-hybridized carbons (Fsp3) is 0.429. The minimum Gasteiger partial charge on any atom is -0.378 e. The van der Waals surface area contributed by atoms with Crippen molar-refractivity contribution in [3.63, 3.8) is 0 Å². The summed E-state index contributed by atoms with van der Waals surface area (Å²) in [6.07, 6.45) is 1.78. The van der Waals surface area contributed by atoms with Crippen LogP contribution in [0.25, 0.3) is 0 Å². The minimum atomic E-state index is 0.0840. The lowest BCUT2D eigenvalue weighted by Crippen LogP contribution is -2.12. The van der Waals surface area contributed by atoms with Gasteiger partial charge in [-0.3, -0.25) is 0 Å². The van der Waals surface area contributed by atoms with Crippen LogP contribution in [-0.2, 0) is 0 Å². The lowest BCUT2D eigenvalue weighted by atomic mass is 10.0. The molecular formula is C14H20N2. The summed E-state index contributed by atoms with van der Waals surface area (Å²) in [4.78, 5) is 2.09. The van der Waals surface area contributed by atoms with E-state index in [0.29, 0.717) is 0 Å². The number of nitrogens with zero attached hydrogens (tertiary/aromatic N) is 1. The van der Waals surface area contributed by atoms with Gasteiger partial charge in [-0.05, 0) is 31.0 Å². The first kappa shape index (κ1) is 12.6. The Labute approximate surface area is 98.4 Å². The van der Waals surface area contributed by atoms with Crippen molar-refractivity contribution in [3.05, 3.63) is 29.8 Å². The summed E-state index contributed by atoms with van der Waals surface area (Å²) in [7, 11) is 4.07. The lowest BCUT2D eigenvalue weighted by molar-refractivity contribution is 0.667. The second-order valence-corrected chi connectivity index (χ2v) is 4.06. The molecule has 0 spiro atoms. The standard InChI is InChI=1S/C14H20N2/c1-4-5-6-10-14(15)12-8-7-9-13(11-12)16(2)3/h7-9,11,14H,6,10,15H2,1-3H3. The molecule has 2 heteroatoms. The SMILES string of the molecule is CC#CCCC(N)c1cccc(N(C)C)c1. The number of hydrogen-bond acceptors (Lipinski definition) is 2. The van der Waals surface area contributed by atoms with Crippen molar-refractivity contribution in [2.45, 2.75) is 25.8 Å². The fourth-order valence-corrected chi connectivity index (χ4v) is 1.55. The maximum Gasteiger partial charge on any atom is 0.0364 e. The Morgan fingerprint density at radius 2 is 2.12 bits per heavy atom. The summed E-state index contributed by atoms with van der Waals surface area (Å²) >= 11 is 0. The summed E-state index contributed by atoms with van der Waals surface area (Å²) in [6.45, 7) is 1.86. The van der Waals surface area contributed by atoms with Crippen LogP contribution in [0.5, 0.6) is 0 Å². The van der Waals surface area contributed by atoms with Gasteiger partial charge in [0.25, 0.3) is 0 Å². The molecule has 1 rings (SSSR count). The average Bonchev–Trinajstić information content (AvgIpc) is 2.29. The fourth-order valence-electron chi connectivity index (χ4n) is 1.55. The maximum atomic E-state index is 6.12. The van der Waals surface area contributed by atoms with Crippen molar-refractivity contribution in [3.8, 4) is 11.8 Å². The largest absolute Gasteiger partial charge is 0.378 e. The molecule has 0 heterocycles. The zero-order chi connectivity index (χ0) is 12.0. The Hall–Kier alpha value is -1.46. The van der Waals surface area contributed by atoms with Crippen LogP contribution < -0.4 is 10.6 Å². The van der Waals surface area contributed by atoms with Gasteiger partial charge in [0.15, 0.2) is 0 Å². The van der Waals surface area contributed by atoms with Crippen molar-refractivity contribution in [1.82, 2.24) is 0 Å². The van der Waals surface area contributed by atoms with E-state index in [2.05, 4.69) is 41.0 Å². The van der Waals surface area contributed by atoms with Gasteiger partial charge in [0, 0.05) is 32.2 Å². The number of nitrogens with two attached hydrogens (primary N) is 1. The molecule has 0 aliphatic rings. The molecule has 0 aromatic heterocycles. The molecule has 2 N–H and O–H groups in total. The molecule has 0 saturated heterocycles. The maximum absolute atomic E-state index is 6.12. The molecule has 0 bridgehead atoms. The van der Waals surface area contributed by atoms with E-state index < -0.39 is 0 Å². The molecule has 1 unspecified atom stereocenters. The molecule has 2 nitrogen and oxygen atoms in total. The predicted molar refractivity (Wildman–Crippen MR) is 70.4 cm³/mol. The van der Waals surface area contributed by atoms with Crippen LogP contribution in [0.3, 0.4) is 0 Å². The van der Waals surface area contributed by atoms with Crippen LogP contribution in [0.4, 0.5) is 5.69 Å². The summed E-state index contributed by atoms with van der Waals surface area (Å²) in [5.41, 5.74) is 8.49. The third-order valence-electron chi connectivity index (χ3n) is 2.57. The Kier molecular flexibility index (Phi) is 4.88. The third-order valence-corrected chi connectivity index (χ3v) is 2.57. The number of anilines is 1. The quantitative estimate of drug-likeness (QED) is 0.784. The number of benzene rings is 1. The van der Waals surface area contributed by atoms with Gasteiger partial charge in [0.1, 0.15) is 0 Å². The van der Waals surface area contributed by atoms with Crippen LogP contribution in [0, 0.1) is 11.8 Å². The highest BCUT2D eigenvalue weighted by Gasteiger charge is 2.06. The predicted octanol–water partition coefficient (Wildman–Crippen LogP) is 2.56. The normalized spacial score (nSPS) is 11.5. The van der Waals surface area contributed by atoms with Gasteiger partial charge >= 0.3 is 0 Å². The highest BCUT2D eigenvalue weighted by molar-refractivity contribution is 5.47. The summed E-state index contributed by atoms with van der Waals surface area (Å²) in [5, 5.41) is 0. The average molecular weight is 216 g/mol. The van der Waals surface area contributed by atoms with Crippen molar-refractivity contribution in [1.29, 1.82) is 0 Å². The number of rotatable bonds is 4. The summed E-state index contributed by atoms with van der Waals surface area (Å²) in [6, 6.07) is 8.44. The van der Waals surface area contributed by atoms with E-state index in [-0.39, 0.29) is 6.04 Å². The highest BCUT2D eigenvalue weighted by atomic mass is 15.1. The molecular weight excluding hydrogens is 196 g/mol. The van der Waals surface area contributed by atoms with Crippen LogP contribution in [0.2, 0.25) is 0 Å². The van der Waals surface area contributed by atoms with E-state index >= 15 is 0 Å². The molecule has 0 saturated carbocycles. The molecule has 0 aliphatic heterocycles. The van der Waals surface area contributed by atoms with Gasteiger partial charge in [0.2, 0.25) is 0 Å². The van der Waals surface area contributed by atoms with E-state index in [9.17, 15) is 0 Å². The lowest BCUT2D eigenvalue weighted by Gasteiger charge is -2.16. The smallest absolute Gasteiger partial charge is 0.0364 e. The Balaban J connectivity index is 2.70. The van der Waals surface area contributed by atoms with Crippen LogP contribution in [0.1, 0.15) is 31.4 Å². The monoisotopic (exact) mass is 216 g/mol. The molecule has 16 heavy (non-hydrogen) atoms. The molecule has 0 fully saturated rings. The first-order valence-electron chi connectivity index (χ1n) is 5.57. The number of hydrogen-bond donors (Lipinski definition) is 1. The van der Waals surface area contributed by atoms with Crippen LogP contribution in [-0.4, -0.2) is 14.1 Å². The Bertz CT molecular complexity index is 385. The van der Waals surface area contributed by atoms with E-state index in [1.807, 2.05) is 21.0 Å². The zero-order valence-corrected chi connectivity index (χ0v) is 10.3. The van der Waals surface area contributed by atoms with Gasteiger partial charge in [-0.15, -0.1) is 11.8 Å². The van der Waals surface area contributed by atoms with Crippen molar-refractivity contribution in [2.75, 3.05) is 19.0 Å². The molecule has 1 atom stereocenters. The highest BCUT2D eigenvalue weighted by Crippen LogP contribution is 2.20. The van der Waals surface area contributed by atoms with Gasteiger partial charge in [-0.1, -0.05) is 12.1 Å². The molecule has 0 aliphatic carbocycles. The first-order valence-corrected chi connectivity index (χ1v) is 5.57. The van der Waals surface area contributed by atoms with Crippen molar-refractivity contribution < 1.29 is 0 Å². The van der Waals surface area contributed by atoms with Crippen molar-refractivity contribution >= 4 is 5.69 Å². The molecule has 86 valence electrons. The minimum absolute atomic E-state index is 0.0840. The topological polar surface area (TPSA) is 29.3 Å². The molecule has 0 amide bonds. The first-order chi connectivity index (χ1) is 7.65. The summed E-state index contributed by atoms with van der Waals surface area (Å²) < 4.78 is 0. The van der Waals surface area contributed by atoms with E-state index in [0.717, 1.165) is 12.8 Å². The summed E-state index contributed by atoms with van der Waals surface area (Å²) in [5.74, 6) is 5.94. The van der Waals surface area contributed by atoms with Crippen LogP contribution >= 0.6 is 0 Å².